The summed E-state index contributed by atoms with van der Waals surface area (Å²) in [6.45, 7) is 7.22. The maximum atomic E-state index is 13.1. The molecule has 0 aliphatic carbocycles. The van der Waals surface area contributed by atoms with Crippen molar-refractivity contribution < 1.29 is 27.4 Å². The maximum absolute atomic E-state index is 13.1. The lowest BCUT2D eigenvalue weighted by atomic mass is 10.1. The normalized spacial score (nSPS) is 26.5. The van der Waals surface area contributed by atoms with Crippen LogP contribution in [0.4, 0.5) is 0 Å². The Hall–Kier alpha value is -1.35. The number of rotatable bonds is 4. The first kappa shape index (κ1) is 19.4. The fraction of sp³-hybridized carbons (Fsp3) is 0.667. The van der Waals surface area contributed by atoms with Crippen LogP contribution in [0.25, 0.3) is 0 Å². The minimum atomic E-state index is -3.58. The van der Waals surface area contributed by atoms with Gasteiger partial charge in [0.25, 0.3) is 0 Å². The molecule has 1 fully saturated rings. The van der Waals surface area contributed by atoms with Gasteiger partial charge in [0.05, 0.1) is 39.2 Å². The van der Waals surface area contributed by atoms with E-state index >= 15 is 0 Å². The molecule has 0 bridgehead atoms. The molecule has 146 valence electrons. The standard InChI is InChI=1S/C18H27NO6S/c1-17(2)11-19(10-14-5-6-15(22-4)9-16(14)25-17)26(20,21)13-18(3)12-23-7-8-24-18/h5-6,9H,7-8,10-13H2,1-4H3. The molecular weight excluding hydrogens is 358 g/mol. The van der Waals surface area contributed by atoms with Gasteiger partial charge in [0.1, 0.15) is 22.7 Å². The number of benzene rings is 1. The van der Waals surface area contributed by atoms with Crippen LogP contribution in [0.1, 0.15) is 26.3 Å². The largest absolute Gasteiger partial charge is 0.497 e. The molecule has 2 heterocycles. The molecule has 2 aliphatic heterocycles. The average Bonchev–Trinajstić information content (AvgIpc) is 2.68. The van der Waals surface area contributed by atoms with Crippen LogP contribution in [0.15, 0.2) is 18.2 Å². The molecule has 0 spiro atoms. The van der Waals surface area contributed by atoms with Gasteiger partial charge >= 0.3 is 0 Å². The first-order valence-electron chi connectivity index (χ1n) is 8.68. The van der Waals surface area contributed by atoms with Crippen LogP contribution in [0.5, 0.6) is 11.5 Å². The highest BCUT2D eigenvalue weighted by Gasteiger charge is 2.41. The van der Waals surface area contributed by atoms with E-state index in [9.17, 15) is 8.42 Å². The number of hydrogen-bond acceptors (Lipinski definition) is 6. The van der Waals surface area contributed by atoms with Crippen LogP contribution in [0, 0.1) is 0 Å². The average molecular weight is 385 g/mol. The van der Waals surface area contributed by atoms with Gasteiger partial charge in [-0.05, 0) is 26.8 Å². The van der Waals surface area contributed by atoms with Crippen molar-refractivity contribution in [3.05, 3.63) is 23.8 Å². The second kappa shape index (κ2) is 6.99. The molecule has 0 N–H and O–H groups in total. The summed E-state index contributed by atoms with van der Waals surface area (Å²) in [5.74, 6) is 1.20. The third-order valence-electron chi connectivity index (χ3n) is 4.53. The molecule has 7 nitrogen and oxygen atoms in total. The molecule has 0 aromatic heterocycles. The van der Waals surface area contributed by atoms with Crippen LogP contribution < -0.4 is 9.47 Å². The van der Waals surface area contributed by atoms with Gasteiger partial charge in [-0.2, -0.15) is 4.31 Å². The molecule has 8 heteroatoms. The van der Waals surface area contributed by atoms with E-state index in [4.69, 9.17) is 18.9 Å². The maximum Gasteiger partial charge on any atom is 0.217 e. The van der Waals surface area contributed by atoms with E-state index in [2.05, 4.69) is 0 Å². The summed E-state index contributed by atoms with van der Waals surface area (Å²) in [7, 11) is -1.99. The molecule has 1 unspecified atom stereocenters. The molecule has 1 aromatic carbocycles. The first-order chi connectivity index (χ1) is 12.1. The Morgan fingerprint density at radius 1 is 1.23 bits per heavy atom. The summed E-state index contributed by atoms with van der Waals surface area (Å²) >= 11 is 0. The zero-order valence-corrected chi connectivity index (χ0v) is 16.6. The molecule has 3 rings (SSSR count). The van der Waals surface area contributed by atoms with E-state index < -0.39 is 21.2 Å². The predicted octanol–water partition coefficient (Wildman–Crippen LogP) is 1.80. The summed E-state index contributed by atoms with van der Waals surface area (Å²) in [4.78, 5) is 0. The molecule has 0 saturated carbocycles. The van der Waals surface area contributed by atoms with Crippen LogP contribution in [0.3, 0.4) is 0 Å². The monoisotopic (exact) mass is 385 g/mol. The van der Waals surface area contributed by atoms with Crippen LogP contribution in [0.2, 0.25) is 0 Å². The third-order valence-corrected chi connectivity index (χ3v) is 6.55. The van der Waals surface area contributed by atoms with Crippen molar-refractivity contribution in [2.24, 2.45) is 0 Å². The second-order valence-corrected chi connectivity index (χ2v) is 9.68. The Balaban J connectivity index is 1.88. The van der Waals surface area contributed by atoms with Gasteiger partial charge in [-0.3, -0.25) is 0 Å². The molecule has 0 radical (unpaired) electrons. The van der Waals surface area contributed by atoms with E-state index in [-0.39, 0.29) is 25.4 Å². The summed E-state index contributed by atoms with van der Waals surface area (Å²) in [5.41, 5.74) is -0.696. The third kappa shape index (κ3) is 4.31. The van der Waals surface area contributed by atoms with Gasteiger partial charge in [-0.25, -0.2) is 8.42 Å². The summed E-state index contributed by atoms with van der Waals surface area (Å²) in [5, 5.41) is 0. The number of hydrogen-bond donors (Lipinski definition) is 0. The minimum Gasteiger partial charge on any atom is -0.497 e. The van der Waals surface area contributed by atoms with E-state index in [1.807, 2.05) is 26.0 Å². The van der Waals surface area contributed by atoms with Gasteiger partial charge in [0.2, 0.25) is 10.0 Å². The van der Waals surface area contributed by atoms with E-state index in [1.165, 1.54) is 4.31 Å². The number of sulfonamides is 1. The fourth-order valence-electron chi connectivity index (χ4n) is 3.32. The number of fused-ring (bicyclic) bond motifs is 1. The van der Waals surface area contributed by atoms with Crippen molar-refractivity contribution in [2.75, 3.05) is 39.2 Å². The number of ether oxygens (including phenoxy) is 4. The minimum absolute atomic E-state index is 0.123. The van der Waals surface area contributed by atoms with E-state index in [0.717, 1.165) is 5.56 Å². The molecule has 1 aromatic rings. The Labute approximate surface area is 155 Å². The molecule has 0 amide bonds. The van der Waals surface area contributed by atoms with Gasteiger partial charge in [-0.1, -0.05) is 6.07 Å². The predicted molar refractivity (Wildman–Crippen MR) is 97.1 cm³/mol. The van der Waals surface area contributed by atoms with Crippen LogP contribution in [-0.4, -0.2) is 63.2 Å². The van der Waals surface area contributed by atoms with E-state index in [1.54, 1.807) is 20.1 Å². The highest BCUT2D eigenvalue weighted by Crippen LogP contribution is 2.34. The lowest BCUT2D eigenvalue weighted by Gasteiger charge is -2.36. The van der Waals surface area contributed by atoms with Crippen molar-refractivity contribution >= 4 is 10.0 Å². The molecular formula is C18H27NO6S. The summed E-state index contributed by atoms with van der Waals surface area (Å²) in [6, 6.07) is 5.46. The molecule has 1 atom stereocenters. The molecule has 26 heavy (non-hydrogen) atoms. The lowest BCUT2D eigenvalue weighted by molar-refractivity contribution is -0.136. The highest BCUT2D eigenvalue weighted by atomic mass is 32.2. The SMILES string of the molecule is COc1ccc2c(c1)OC(C)(C)CN(S(=O)(=O)CC1(C)COCCO1)C2. The highest BCUT2D eigenvalue weighted by molar-refractivity contribution is 7.89. The smallest absolute Gasteiger partial charge is 0.217 e. The van der Waals surface area contributed by atoms with Gasteiger partial charge in [0, 0.05) is 18.2 Å². The Morgan fingerprint density at radius 2 is 2.00 bits per heavy atom. The van der Waals surface area contributed by atoms with Gasteiger partial charge in [0.15, 0.2) is 0 Å². The van der Waals surface area contributed by atoms with Crippen molar-refractivity contribution in [2.45, 2.75) is 38.5 Å². The first-order valence-corrected chi connectivity index (χ1v) is 10.3. The number of methoxy groups -OCH3 is 1. The van der Waals surface area contributed by atoms with Crippen molar-refractivity contribution in [3.8, 4) is 11.5 Å². The van der Waals surface area contributed by atoms with Crippen LogP contribution in [-0.2, 0) is 26.0 Å². The Morgan fingerprint density at radius 3 is 2.65 bits per heavy atom. The Kier molecular flexibility index (Phi) is 5.22. The zero-order valence-electron chi connectivity index (χ0n) is 15.8. The number of nitrogens with zero attached hydrogens (tertiary/aromatic N) is 1. The van der Waals surface area contributed by atoms with Gasteiger partial charge in [-0.15, -0.1) is 0 Å². The van der Waals surface area contributed by atoms with Crippen molar-refractivity contribution in [1.82, 2.24) is 4.31 Å². The van der Waals surface area contributed by atoms with E-state index in [0.29, 0.717) is 24.7 Å². The van der Waals surface area contributed by atoms with Crippen LogP contribution >= 0.6 is 0 Å². The van der Waals surface area contributed by atoms with Gasteiger partial charge < -0.3 is 18.9 Å². The van der Waals surface area contributed by atoms with Crippen molar-refractivity contribution in [3.63, 3.8) is 0 Å². The van der Waals surface area contributed by atoms with Crippen molar-refractivity contribution in [1.29, 1.82) is 0 Å². The topological polar surface area (TPSA) is 74.3 Å². The summed E-state index contributed by atoms with van der Waals surface area (Å²) in [6.07, 6.45) is 0. The lowest BCUT2D eigenvalue weighted by Crippen LogP contribution is -2.51. The summed E-state index contributed by atoms with van der Waals surface area (Å²) < 4.78 is 50.2. The zero-order chi connectivity index (χ0) is 19.0. The molecule has 2 aliphatic rings. The Bertz CT molecular complexity index is 755. The fourth-order valence-corrected chi connectivity index (χ4v) is 5.29. The second-order valence-electron chi connectivity index (χ2n) is 7.71. The molecule has 1 saturated heterocycles. The quantitative estimate of drug-likeness (QED) is 0.787.